The van der Waals surface area contributed by atoms with Crippen molar-refractivity contribution in [3.63, 3.8) is 0 Å². The molecule has 2 aromatic carbocycles. The summed E-state index contributed by atoms with van der Waals surface area (Å²) in [7, 11) is 0. The quantitative estimate of drug-likeness (QED) is 0.626. The van der Waals surface area contributed by atoms with Gasteiger partial charge in [0.15, 0.2) is 0 Å². The van der Waals surface area contributed by atoms with Gasteiger partial charge in [-0.1, -0.05) is 24.3 Å². The number of nitrogens with two attached hydrogens (primary N) is 1. The molecule has 4 heteroatoms. The van der Waals surface area contributed by atoms with Gasteiger partial charge in [0.1, 0.15) is 23.9 Å². The van der Waals surface area contributed by atoms with Crippen molar-refractivity contribution in [1.82, 2.24) is 0 Å². The third-order valence-corrected chi connectivity index (χ3v) is 2.76. The first-order valence-corrected chi connectivity index (χ1v) is 6.48. The standard InChI is InChI=1S/C16H18N2O2/c1-2-19-14-7-4-8-15(10-14)20-11-12-5-3-6-13(9-12)16(17)18/h3-10H,2,11H2,1H3,(H3,17,18). The van der Waals surface area contributed by atoms with Gasteiger partial charge >= 0.3 is 0 Å². The van der Waals surface area contributed by atoms with E-state index in [4.69, 9.17) is 20.6 Å². The molecule has 2 rings (SSSR count). The summed E-state index contributed by atoms with van der Waals surface area (Å²) in [4.78, 5) is 0. The maximum Gasteiger partial charge on any atom is 0.123 e. The Morgan fingerprint density at radius 3 is 2.45 bits per heavy atom. The van der Waals surface area contributed by atoms with Crippen LogP contribution in [0.1, 0.15) is 18.1 Å². The number of nitrogens with one attached hydrogen (secondary N) is 1. The lowest BCUT2D eigenvalue weighted by Crippen LogP contribution is -2.11. The summed E-state index contributed by atoms with van der Waals surface area (Å²) in [5.41, 5.74) is 7.14. The summed E-state index contributed by atoms with van der Waals surface area (Å²) in [5.74, 6) is 1.61. The Morgan fingerprint density at radius 1 is 1.05 bits per heavy atom. The highest BCUT2D eigenvalue weighted by molar-refractivity contribution is 5.95. The Labute approximate surface area is 118 Å². The predicted molar refractivity (Wildman–Crippen MR) is 79.4 cm³/mol. The molecule has 0 fully saturated rings. The van der Waals surface area contributed by atoms with E-state index < -0.39 is 0 Å². The number of nitrogen functional groups attached to an aromatic ring is 1. The van der Waals surface area contributed by atoms with Crippen LogP contribution in [-0.2, 0) is 6.61 Å². The Kier molecular flexibility index (Phi) is 4.60. The largest absolute Gasteiger partial charge is 0.494 e. The summed E-state index contributed by atoms with van der Waals surface area (Å²) in [6, 6.07) is 15.0. The number of rotatable bonds is 6. The molecule has 20 heavy (non-hydrogen) atoms. The fourth-order valence-corrected chi connectivity index (χ4v) is 1.82. The van der Waals surface area contributed by atoms with Crippen LogP contribution in [0.3, 0.4) is 0 Å². The van der Waals surface area contributed by atoms with Gasteiger partial charge in [-0.2, -0.15) is 0 Å². The SMILES string of the molecule is CCOc1cccc(OCc2cccc(C(=N)N)c2)c1. The zero-order valence-corrected chi connectivity index (χ0v) is 11.4. The van der Waals surface area contributed by atoms with E-state index in [2.05, 4.69) is 0 Å². The highest BCUT2D eigenvalue weighted by Crippen LogP contribution is 2.20. The maximum absolute atomic E-state index is 7.42. The molecule has 3 N–H and O–H groups in total. The van der Waals surface area contributed by atoms with E-state index in [-0.39, 0.29) is 5.84 Å². The van der Waals surface area contributed by atoms with Crippen molar-refractivity contribution in [2.45, 2.75) is 13.5 Å². The molecule has 0 saturated heterocycles. The average molecular weight is 270 g/mol. The average Bonchev–Trinajstić information content (AvgIpc) is 2.46. The molecule has 0 aromatic heterocycles. The smallest absolute Gasteiger partial charge is 0.123 e. The highest BCUT2D eigenvalue weighted by Gasteiger charge is 2.01. The number of benzene rings is 2. The molecule has 0 aliphatic carbocycles. The molecular formula is C16H18N2O2. The fraction of sp³-hybridized carbons (Fsp3) is 0.188. The molecule has 0 atom stereocenters. The zero-order valence-electron chi connectivity index (χ0n) is 11.4. The monoisotopic (exact) mass is 270 g/mol. The van der Waals surface area contributed by atoms with E-state index in [9.17, 15) is 0 Å². The van der Waals surface area contributed by atoms with E-state index in [1.807, 2.05) is 55.5 Å². The maximum atomic E-state index is 7.42. The van der Waals surface area contributed by atoms with Crippen LogP contribution in [0.25, 0.3) is 0 Å². The third-order valence-electron chi connectivity index (χ3n) is 2.76. The lowest BCUT2D eigenvalue weighted by Gasteiger charge is -2.09. The molecule has 0 radical (unpaired) electrons. The van der Waals surface area contributed by atoms with E-state index >= 15 is 0 Å². The van der Waals surface area contributed by atoms with Crippen LogP contribution < -0.4 is 15.2 Å². The molecule has 0 amide bonds. The zero-order chi connectivity index (χ0) is 14.4. The minimum Gasteiger partial charge on any atom is -0.494 e. The van der Waals surface area contributed by atoms with Crippen LogP contribution >= 0.6 is 0 Å². The van der Waals surface area contributed by atoms with Crippen LogP contribution in [0.15, 0.2) is 48.5 Å². The highest BCUT2D eigenvalue weighted by atomic mass is 16.5. The lowest BCUT2D eigenvalue weighted by atomic mass is 10.1. The summed E-state index contributed by atoms with van der Waals surface area (Å²) in [6.07, 6.45) is 0. The predicted octanol–water partition coefficient (Wildman–Crippen LogP) is 2.95. The Bertz CT molecular complexity index is 597. The van der Waals surface area contributed by atoms with Crippen molar-refractivity contribution in [2.75, 3.05) is 6.61 Å². The van der Waals surface area contributed by atoms with Crippen molar-refractivity contribution in [2.24, 2.45) is 5.73 Å². The second kappa shape index (κ2) is 6.61. The van der Waals surface area contributed by atoms with E-state index in [0.29, 0.717) is 18.8 Å². The summed E-state index contributed by atoms with van der Waals surface area (Å²) < 4.78 is 11.1. The van der Waals surface area contributed by atoms with Gasteiger partial charge in [0.05, 0.1) is 6.61 Å². The Balaban J connectivity index is 2.03. The number of hydrogen-bond acceptors (Lipinski definition) is 3. The molecule has 2 aromatic rings. The topological polar surface area (TPSA) is 68.3 Å². The van der Waals surface area contributed by atoms with Gasteiger partial charge in [-0.15, -0.1) is 0 Å². The van der Waals surface area contributed by atoms with Crippen molar-refractivity contribution in [3.05, 3.63) is 59.7 Å². The van der Waals surface area contributed by atoms with E-state index in [0.717, 1.165) is 17.1 Å². The number of ether oxygens (including phenoxy) is 2. The molecule has 0 unspecified atom stereocenters. The van der Waals surface area contributed by atoms with Gasteiger partial charge in [0.2, 0.25) is 0 Å². The van der Waals surface area contributed by atoms with Crippen LogP contribution in [0.4, 0.5) is 0 Å². The molecule has 0 spiro atoms. The molecule has 0 bridgehead atoms. The van der Waals surface area contributed by atoms with Gasteiger partial charge in [-0.05, 0) is 30.7 Å². The van der Waals surface area contributed by atoms with Crippen LogP contribution in [0.2, 0.25) is 0 Å². The second-order valence-corrected chi connectivity index (χ2v) is 4.31. The Hall–Kier alpha value is -2.49. The lowest BCUT2D eigenvalue weighted by molar-refractivity contribution is 0.299. The number of amidine groups is 1. The van der Waals surface area contributed by atoms with Crippen molar-refractivity contribution < 1.29 is 9.47 Å². The first kappa shape index (κ1) is 13.9. The summed E-state index contributed by atoms with van der Waals surface area (Å²) in [5, 5.41) is 7.42. The number of hydrogen-bond donors (Lipinski definition) is 2. The summed E-state index contributed by atoms with van der Waals surface area (Å²) >= 11 is 0. The van der Waals surface area contributed by atoms with E-state index in [1.54, 1.807) is 0 Å². The second-order valence-electron chi connectivity index (χ2n) is 4.31. The molecule has 104 valence electrons. The van der Waals surface area contributed by atoms with Gasteiger partial charge in [0, 0.05) is 11.6 Å². The molecule has 0 aliphatic heterocycles. The third kappa shape index (κ3) is 3.75. The van der Waals surface area contributed by atoms with Crippen molar-refractivity contribution in [1.29, 1.82) is 5.41 Å². The summed E-state index contributed by atoms with van der Waals surface area (Å²) in [6.45, 7) is 3.00. The van der Waals surface area contributed by atoms with Crippen LogP contribution in [0.5, 0.6) is 11.5 Å². The Morgan fingerprint density at radius 2 is 1.75 bits per heavy atom. The van der Waals surface area contributed by atoms with Crippen molar-refractivity contribution >= 4 is 5.84 Å². The van der Waals surface area contributed by atoms with Gasteiger partial charge in [0.25, 0.3) is 0 Å². The minimum absolute atomic E-state index is 0.0604. The first-order valence-electron chi connectivity index (χ1n) is 6.48. The van der Waals surface area contributed by atoms with Gasteiger partial charge in [-0.3, -0.25) is 5.41 Å². The molecule has 0 saturated carbocycles. The fourth-order valence-electron chi connectivity index (χ4n) is 1.82. The molecule has 4 nitrogen and oxygen atoms in total. The first-order chi connectivity index (χ1) is 9.69. The van der Waals surface area contributed by atoms with Gasteiger partial charge in [-0.25, -0.2) is 0 Å². The molecule has 0 aliphatic rings. The van der Waals surface area contributed by atoms with Crippen molar-refractivity contribution in [3.8, 4) is 11.5 Å². The normalized spacial score (nSPS) is 10.1. The molecular weight excluding hydrogens is 252 g/mol. The van der Waals surface area contributed by atoms with E-state index in [1.165, 1.54) is 0 Å². The molecule has 0 heterocycles. The van der Waals surface area contributed by atoms with Crippen LogP contribution in [-0.4, -0.2) is 12.4 Å². The minimum atomic E-state index is 0.0604. The van der Waals surface area contributed by atoms with Crippen LogP contribution in [0, 0.1) is 5.41 Å². The van der Waals surface area contributed by atoms with Gasteiger partial charge < -0.3 is 15.2 Å².